The highest BCUT2D eigenvalue weighted by Gasteiger charge is 2.40. The van der Waals surface area contributed by atoms with Crippen molar-refractivity contribution in [2.24, 2.45) is 0 Å². The van der Waals surface area contributed by atoms with E-state index in [1.54, 1.807) is 44.9 Å². The van der Waals surface area contributed by atoms with Crippen molar-refractivity contribution in [1.82, 2.24) is 34.6 Å². The standard InChI is InChI=1S/C26H28FN7O2/c1-16(2)19-13-21(17-5-7-18(27)8-6-17)31-34-14-22(29-23(19)34)25(36)33-12-11-32(15-26(33,3)4)24(35)20-9-10-28-30-20/h5-10,13-14,16H,11-12,15H2,1-4H3,(H,28,30). The van der Waals surface area contributed by atoms with Crippen molar-refractivity contribution < 1.29 is 14.0 Å². The molecule has 9 nitrogen and oxygen atoms in total. The van der Waals surface area contributed by atoms with Crippen molar-refractivity contribution in [3.05, 3.63) is 71.6 Å². The maximum Gasteiger partial charge on any atom is 0.274 e. The molecule has 36 heavy (non-hydrogen) atoms. The molecule has 0 spiro atoms. The van der Waals surface area contributed by atoms with Gasteiger partial charge in [-0.1, -0.05) is 13.8 Å². The monoisotopic (exact) mass is 489 g/mol. The Bertz CT molecular complexity index is 1420. The van der Waals surface area contributed by atoms with Gasteiger partial charge in [-0.15, -0.1) is 0 Å². The first kappa shape index (κ1) is 23.7. The van der Waals surface area contributed by atoms with Gasteiger partial charge in [0.05, 0.1) is 17.4 Å². The molecular formula is C26H28FN7O2. The number of H-pyrrole nitrogens is 1. The fraction of sp³-hybridized carbons (Fsp3) is 0.346. The van der Waals surface area contributed by atoms with Crippen molar-refractivity contribution in [2.45, 2.75) is 39.2 Å². The summed E-state index contributed by atoms with van der Waals surface area (Å²) >= 11 is 0. The van der Waals surface area contributed by atoms with E-state index in [9.17, 15) is 14.0 Å². The molecule has 186 valence electrons. The maximum absolute atomic E-state index is 13.6. The molecule has 5 rings (SSSR count). The lowest BCUT2D eigenvalue weighted by atomic mass is 9.98. The molecule has 4 heterocycles. The van der Waals surface area contributed by atoms with E-state index in [0.717, 1.165) is 11.1 Å². The molecule has 1 saturated heterocycles. The summed E-state index contributed by atoms with van der Waals surface area (Å²) in [5, 5.41) is 11.2. The zero-order chi connectivity index (χ0) is 25.6. The van der Waals surface area contributed by atoms with Crippen LogP contribution in [0.15, 0.2) is 48.8 Å². The van der Waals surface area contributed by atoms with Crippen LogP contribution in [0.1, 0.15) is 60.2 Å². The van der Waals surface area contributed by atoms with E-state index in [1.807, 2.05) is 19.9 Å². The van der Waals surface area contributed by atoms with Crippen LogP contribution in [0.2, 0.25) is 0 Å². The van der Waals surface area contributed by atoms with Crippen LogP contribution in [0.5, 0.6) is 0 Å². The molecule has 0 aliphatic carbocycles. The van der Waals surface area contributed by atoms with Crippen LogP contribution in [0.4, 0.5) is 4.39 Å². The first-order valence-electron chi connectivity index (χ1n) is 11.9. The third-order valence-corrected chi connectivity index (χ3v) is 6.60. The quantitative estimate of drug-likeness (QED) is 0.471. The predicted molar refractivity (Wildman–Crippen MR) is 132 cm³/mol. The number of aromatic amines is 1. The van der Waals surface area contributed by atoms with Gasteiger partial charge in [0.2, 0.25) is 0 Å². The minimum atomic E-state index is -0.603. The van der Waals surface area contributed by atoms with E-state index in [1.165, 1.54) is 12.1 Å². The average molecular weight is 490 g/mol. The highest BCUT2D eigenvalue weighted by Crippen LogP contribution is 2.28. The highest BCUT2D eigenvalue weighted by atomic mass is 19.1. The first-order valence-corrected chi connectivity index (χ1v) is 11.9. The van der Waals surface area contributed by atoms with Crippen LogP contribution in [0.25, 0.3) is 16.9 Å². The van der Waals surface area contributed by atoms with Crippen molar-refractivity contribution in [2.75, 3.05) is 19.6 Å². The van der Waals surface area contributed by atoms with E-state index in [4.69, 9.17) is 0 Å². The summed E-state index contributed by atoms with van der Waals surface area (Å²) in [5.74, 6) is -0.529. The molecule has 2 amide bonds. The summed E-state index contributed by atoms with van der Waals surface area (Å²) < 4.78 is 15.1. The number of piperazine rings is 1. The molecule has 10 heteroatoms. The molecule has 0 radical (unpaired) electrons. The van der Waals surface area contributed by atoms with Gasteiger partial charge in [-0.2, -0.15) is 10.2 Å². The van der Waals surface area contributed by atoms with Crippen LogP contribution in [0.3, 0.4) is 0 Å². The molecule has 4 aromatic rings. The van der Waals surface area contributed by atoms with Crippen LogP contribution < -0.4 is 0 Å². The van der Waals surface area contributed by atoms with Crippen molar-refractivity contribution >= 4 is 17.5 Å². The minimum absolute atomic E-state index is 0.133. The second-order valence-corrected chi connectivity index (χ2v) is 10.0. The Hall–Kier alpha value is -4.08. The topological polar surface area (TPSA) is 99.5 Å². The van der Waals surface area contributed by atoms with Gasteiger partial charge in [-0.25, -0.2) is 13.9 Å². The fourth-order valence-corrected chi connectivity index (χ4v) is 4.68. The molecule has 0 unspecified atom stereocenters. The van der Waals surface area contributed by atoms with Gasteiger partial charge in [0.1, 0.15) is 17.2 Å². The van der Waals surface area contributed by atoms with Crippen LogP contribution >= 0.6 is 0 Å². The van der Waals surface area contributed by atoms with Gasteiger partial charge in [0.25, 0.3) is 11.8 Å². The second-order valence-electron chi connectivity index (χ2n) is 10.0. The molecule has 0 atom stereocenters. The number of rotatable bonds is 4. The molecule has 1 aromatic carbocycles. The number of aromatic nitrogens is 5. The number of nitrogens with one attached hydrogen (secondary N) is 1. The summed E-state index contributed by atoms with van der Waals surface area (Å²) in [6, 6.07) is 9.75. The van der Waals surface area contributed by atoms with E-state index in [-0.39, 0.29) is 23.5 Å². The van der Waals surface area contributed by atoms with Gasteiger partial charge < -0.3 is 9.80 Å². The number of halogens is 1. The smallest absolute Gasteiger partial charge is 0.274 e. The normalized spacial score (nSPS) is 15.6. The third kappa shape index (κ3) is 4.23. The lowest BCUT2D eigenvalue weighted by Gasteiger charge is -2.46. The Morgan fingerprint density at radius 2 is 1.83 bits per heavy atom. The zero-order valence-corrected chi connectivity index (χ0v) is 20.7. The van der Waals surface area contributed by atoms with Crippen molar-refractivity contribution in [1.29, 1.82) is 0 Å². The lowest BCUT2D eigenvalue weighted by molar-refractivity contribution is 0.0163. The molecule has 0 bridgehead atoms. The number of nitrogens with zero attached hydrogens (tertiary/aromatic N) is 6. The predicted octanol–water partition coefficient (Wildman–Crippen LogP) is 3.76. The van der Waals surface area contributed by atoms with E-state index >= 15 is 0 Å². The first-order chi connectivity index (χ1) is 17.1. The van der Waals surface area contributed by atoms with Gasteiger partial charge >= 0.3 is 0 Å². The molecular weight excluding hydrogens is 461 g/mol. The second kappa shape index (κ2) is 8.85. The number of benzene rings is 1. The van der Waals surface area contributed by atoms with E-state index < -0.39 is 5.54 Å². The molecule has 1 aliphatic rings. The van der Waals surface area contributed by atoms with Crippen molar-refractivity contribution in [3.63, 3.8) is 0 Å². The van der Waals surface area contributed by atoms with E-state index in [0.29, 0.717) is 42.4 Å². The Morgan fingerprint density at radius 3 is 2.47 bits per heavy atom. The maximum atomic E-state index is 13.6. The van der Waals surface area contributed by atoms with Crippen molar-refractivity contribution in [3.8, 4) is 11.3 Å². The van der Waals surface area contributed by atoms with Gasteiger partial charge in [0, 0.05) is 37.0 Å². The van der Waals surface area contributed by atoms with Gasteiger partial charge in [-0.3, -0.25) is 14.7 Å². The minimum Gasteiger partial charge on any atom is -0.333 e. The van der Waals surface area contributed by atoms with Crippen LogP contribution in [-0.4, -0.2) is 71.6 Å². The Balaban J connectivity index is 1.45. The summed E-state index contributed by atoms with van der Waals surface area (Å²) in [7, 11) is 0. The average Bonchev–Trinajstić information content (AvgIpc) is 3.52. The van der Waals surface area contributed by atoms with Gasteiger partial charge in [-0.05, 0) is 56.2 Å². The Morgan fingerprint density at radius 1 is 1.08 bits per heavy atom. The number of amides is 2. The summed E-state index contributed by atoms with van der Waals surface area (Å²) in [6.07, 6.45) is 3.19. The molecule has 1 fully saturated rings. The highest BCUT2D eigenvalue weighted by molar-refractivity contribution is 5.95. The largest absolute Gasteiger partial charge is 0.333 e. The number of imidazole rings is 1. The van der Waals surface area contributed by atoms with Gasteiger partial charge in [0.15, 0.2) is 5.65 Å². The molecule has 1 aliphatic heterocycles. The zero-order valence-electron chi connectivity index (χ0n) is 20.7. The van der Waals surface area contributed by atoms with Crippen LogP contribution in [0, 0.1) is 5.82 Å². The third-order valence-electron chi connectivity index (χ3n) is 6.60. The number of carbonyl (C=O) groups excluding carboxylic acids is 2. The summed E-state index contributed by atoms with van der Waals surface area (Å²) in [6.45, 7) is 9.16. The van der Waals surface area contributed by atoms with E-state index in [2.05, 4.69) is 34.1 Å². The number of carbonyl (C=O) groups is 2. The summed E-state index contributed by atoms with van der Waals surface area (Å²) in [4.78, 5) is 34.6. The fourth-order valence-electron chi connectivity index (χ4n) is 4.68. The summed E-state index contributed by atoms with van der Waals surface area (Å²) in [5.41, 5.74) is 3.13. The number of hydrogen-bond donors (Lipinski definition) is 1. The number of fused-ring (bicyclic) bond motifs is 1. The Labute approximate surface area is 207 Å². The SMILES string of the molecule is CC(C)c1cc(-c2ccc(F)cc2)nn2cc(C(=O)N3CCN(C(=O)c4ccn[nH]4)CC3(C)C)nc12. The lowest BCUT2D eigenvalue weighted by Crippen LogP contribution is -2.62. The number of hydrogen-bond acceptors (Lipinski definition) is 5. The molecule has 0 saturated carbocycles. The molecule has 3 aromatic heterocycles. The molecule has 1 N–H and O–H groups in total. The Kier molecular flexibility index (Phi) is 5.82. The van der Waals surface area contributed by atoms with Crippen LogP contribution in [-0.2, 0) is 0 Å².